The normalized spacial score (nSPS) is 25.8. The van der Waals surface area contributed by atoms with Gasteiger partial charge >= 0.3 is 0 Å². The van der Waals surface area contributed by atoms with Gasteiger partial charge in [-0.15, -0.1) is 0 Å². The Kier molecular flexibility index (Phi) is 1.19. The van der Waals surface area contributed by atoms with Crippen molar-refractivity contribution < 1.29 is 0 Å². The standard InChI is InChI=1S/C7H12N2/c1-2-7-3-4-8-6-9(7)5-1/h3,8H,1-2,4-6H2. The van der Waals surface area contributed by atoms with Crippen LogP contribution < -0.4 is 5.32 Å². The molecule has 0 saturated carbocycles. The molecule has 0 bridgehead atoms. The van der Waals surface area contributed by atoms with Gasteiger partial charge in [-0.1, -0.05) is 6.08 Å². The highest BCUT2D eigenvalue weighted by atomic mass is 15.3. The summed E-state index contributed by atoms with van der Waals surface area (Å²) in [4.78, 5) is 2.42. The van der Waals surface area contributed by atoms with E-state index < -0.39 is 0 Å². The molecule has 0 atom stereocenters. The molecule has 9 heavy (non-hydrogen) atoms. The van der Waals surface area contributed by atoms with Crippen LogP contribution >= 0.6 is 0 Å². The molecule has 2 aliphatic rings. The SMILES string of the molecule is C1=C2CCCN2CNC1. The van der Waals surface area contributed by atoms with E-state index in [0.29, 0.717) is 0 Å². The molecule has 0 aromatic heterocycles. The van der Waals surface area contributed by atoms with Crippen molar-refractivity contribution in [1.29, 1.82) is 0 Å². The van der Waals surface area contributed by atoms with E-state index in [1.54, 1.807) is 5.70 Å². The van der Waals surface area contributed by atoms with Crippen molar-refractivity contribution in [2.24, 2.45) is 0 Å². The first kappa shape index (κ1) is 5.30. The average Bonchev–Trinajstić information content (AvgIpc) is 2.33. The fourth-order valence-electron chi connectivity index (χ4n) is 1.55. The molecule has 0 aliphatic carbocycles. The molecule has 50 valence electrons. The fourth-order valence-corrected chi connectivity index (χ4v) is 1.55. The van der Waals surface area contributed by atoms with Gasteiger partial charge in [0.15, 0.2) is 0 Å². The minimum Gasteiger partial charge on any atom is -0.362 e. The number of nitrogens with one attached hydrogen (secondary N) is 1. The molecule has 2 nitrogen and oxygen atoms in total. The van der Waals surface area contributed by atoms with Crippen LogP contribution in [0.3, 0.4) is 0 Å². The van der Waals surface area contributed by atoms with Gasteiger partial charge in [-0.25, -0.2) is 0 Å². The predicted molar refractivity (Wildman–Crippen MR) is 36.9 cm³/mol. The van der Waals surface area contributed by atoms with Gasteiger partial charge in [-0.3, -0.25) is 5.32 Å². The lowest BCUT2D eigenvalue weighted by molar-refractivity contribution is 0.346. The molecule has 2 aliphatic heterocycles. The lowest BCUT2D eigenvalue weighted by atomic mass is 10.3. The molecule has 1 saturated heterocycles. The van der Waals surface area contributed by atoms with E-state index in [0.717, 1.165) is 13.2 Å². The molecule has 0 unspecified atom stereocenters. The molecule has 2 heterocycles. The van der Waals surface area contributed by atoms with Crippen LogP contribution in [-0.2, 0) is 0 Å². The molecular weight excluding hydrogens is 112 g/mol. The molecule has 0 radical (unpaired) electrons. The number of hydrogen-bond acceptors (Lipinski definition) is 2. The highest BCUT2D eigenvalue weighted by Gasteiger charge is 2.17. The van der Waals surface area contributed by atoms with E-state index in [4.69, 9.17) is 0 Å². The van der Waals surface area contributed by atoms with E-state index in [1.807, 2.05) is 0 Å². The third kappa shape index (κ3) is 0.833. The second-order valence-electron chi connectivity index (χ2n) is 2.67. The maximum Gasteiger partial charge on any atom is 0.0681 e. The molecule has 2 rings (SSSR count). The smallest absolute Gasteiger partial charge is 0.0681 e. The second-order valence-corrected chi connectivity index (χ2v) is 2.67. The fraction of sp³-hybridized carbons (Fsp3) is 0.714. The van der Waals surface area contributed by atoms with Crippen molar-refractivity contribution >= 4 is 0 Å². The Bertz CT molecular complexity index is 140. The van der Waals surface area contributed by atoms with Crippen LogP contribution in [0, 0.1) is 0 Å². The number of nitrogens with zero attached hydrogens (tertiary/aromatic N) is 1. The number of rotatable bonds is 0. The zero-order chi connectivity index (χ0) is 6.10. The minimum atomic E-state index is 1.08. The van der Waals surface area contributed by atoms with Gasteiger partial charge in [0.2, 0.25) is 0 Å². The Morgan fingerprint density at radius 2 is 2.56 bits per heavy atom. The summed E-state index contributed by atoms with van der Waals surface area (Å²) in [5.41, 5.74) is 1.56. The van der Waals surface area contributed by atoms with Gasteiger partial charge in [0.1, 0.15) is 0 Å². The van der Waals surface area contributed by atoms with Crippen molar-refractivity contribution in [3.63, 3.8) is 0 Å². The van der Waals surface area contributed by atoms with Crippen LogP contribution in [0.1, 0.15) is 12.8 Å². The molecule has 1 fully saturated rings. The van der Waals surface area contributed by atoms with Gasteiger partial charge in [-0.2, -0.15) is 0 Å². The summed E-state index contributed by atoms with van der Waals surface area (Å²) in [6, 6.07) is 0. The Balaban J connectivity index is 2.16. The third-order valence-electron chi connectivity index (χ3n) is 2.05. The van der Waals surface area contributed by atoms with E-state index in [9.17, 15) is 0 Å². The van der Waals surface area contributed by atoms with Crippen LogP contribution in [0.2, 0.25) is 0 Å². The van der Waals surface area contributed by atoms with Gasteiger partial charge in [0.25, 0.3) is 0 Å². The Morgan fingerprint density at radius 3 is 3.44 bits per heavy atom. The summed E-state index contributed by atoms with van der Waals surface area (Å²) in [5.74, 6) is 0. The van der Waals surface area contributed by atoms with Crippen molar-refractivity contribution in [2.75, 3.05) is 19.8 Å². The first-order valence-electron chi connectivity index (χ1n) is 3.61. The summed E-state index contributed by atoms with van der Waals surface area (Å²) in [7, 11) is 0. The summed E-state index contributed by atoms with van der Waals surface area (Å²) >= 11 is 0. The summed E-state index contributed by atoms with van der Waals surface area (Å²) in [5, 5.41) is 3.31. The molecule has 0 spiro atoms. The maximum absolute atomic E-state index is 3.31. The third-order valence-corrected chi connectivity index (χ3v) is 2.05. The Labute approximate surface area is 55.5 Å². The highest BCUT2D eigenvalue weighted by Crippen LogP contribution is 2.20. The molecular formula is C7H12N2. The monoisotopic (exact) mass is 124 g/mol. The quantitative estimate of drug-likeness (QED) is 0.506. The van der Waals surface area contributed by atoms with Crippen LogP contribution in [0.4, 0.5) is 0 Å². The summed E-state index contributed by atoms with van der Waals surface area (Å²) < 4.78 is 0. The zero-order valence-electron chi connectivity index (χ0n) is 5.56. The summed E-state index contributed by atoms with van der Waals surface area (Å²) in [6.45, 7) is 3.41. The van der Waals surface area contributed by atoms with Gasteiger partial charge in [0.05, 0.1) is 6.67 Å². The van der Waals surface area contributed by atoms with Crippen LogP contribution in [0.5, 0.6) is 0 Å². The average molecular weight is 124 g/mol. The highest BCUT2D eigenvalue weighted by molar-refractivity contribution is 5.08. The minimum absolute atomic E-state index is 1.08. The maximum atomic E-state index is 3.31. The van der Waals surface area contributed by atoms with Gasteiger partial charge < -0.3 is 4.90 Å². The summed E-state index contributed by atoms with van der Waals surface area (Å²) in [6.07, 6.45) is 4.96. The van der Waals surface area contributed by atoms with Gasteiger partial charge in [0, 0.05) is 18.8 Å². The number of hydrogen-bond donors (Lipinski definition) is 1. The molecule has 0 amide bonds. The lowest BCUT2D eigenvalue weighted by Crippen LogP contribution is -2.35. The molecule has 0 aromatic carbocycles. The molecule has 0 aromatic rings. The predicted octanol–water partition coefficient (Wildman–Crippen LogP) is 0.527. The van der Waals surface area contributed by atoms with Crippen molar-refractivity contribution in [1.82, 2.24) is 10.2 Å². The topological polar surface area (TPSA) is 15.3 Å². The van der Waals surface area contributed by atoms with Crippen LogP contribution in [0.25, 0.3) is 0 Å². The molecule has 1 N–H and O–H groups in total. The number of fused-ring (bicyclic) bond motifs is 1. The lowest BCUT2D eigenvalue weighted by Gasteiger charge is -2.24. The van der Waals surface area contributed by atoms with Crippen molar-refractivity contribution in [2.45, 2.75) is 12.8 Å². The second kappa shape index (κ2) is 2.03. The Morgan fingerprint density at radius 1 is 1.56 bits per heavy atom. The zero-order valence-corrected chi connectivity index (χ0v) is 5.56. The first-order chi connectivity index (χ1) is 4.47. The Hall–Kier alpha value is -0.500. The van der Waals surface area contributed by atoms with Crippen molar-refractivity contribution in [3.8, 4) is 0 Å². The van der Waals surface area contributed by atoms with Crippen LogP contribution in [0.15, 0.2) is 11.8 Å². The van der Waals surface area contributed by atoms with Crippen LogP contribution in [-0.4, -0.2) is 24.7 Å². The van der Waals surface area contributed by atoms with E-state index in [1.165, 1.54) is 19.4 Å². The van der Waals surface area contributed by atoms with Crippen molar-refractivity contribution in [3.05, 3.63) is 11.8 Å². The van der Waals surface area contributed by atoms with Gasteiger partial charge in [-0.05, 0) is 12.8 Å². The van der Waals surface area contributed by atoms with E-state index in [-0.39, 0.29) is 0 Å². The van der Waals surface area contributed by atoms with E-state index >= 15 is 0 Å². The first-order valence-corrected chi connectivity index (χ1v) is 3.61. The molecule has 2 heteroatoms. The number of allylic oxidation sites excluding steroid dienone is 1. The van der Waals surface area contributed by atoms with E-state index in [2.05, 4.69) is 16.3 Å². The largest absolute Gasteiger partial charge is 0.362 e.